The van der Waals surface area contributed by atoms with Crippen LogP contribution < -0.4 is 0 Å². The molecule has 1 heterocycles. The molecule has 1 saturated heterocycles. The molecule has 0 radical (unpaired) electrons. The Morgan fingerprint density at radius 2 is 1.37 bits per heavy atom. The molecule has 0 aromatic carbocycles. The van der Waals surface area contributed by atoms with E-state index in [0.29, 0.717) is 0 Å². The summed E-state index contributed by atoms with van der Waals surface area (Å²) in [6.07, 6.45) is -1.88. The fraction of sp³-hybridized carbons (Fsp3) is 0.833. The summed E-state index contributed by atoms with van der Waals surface area (Å²) >= 11 is 0. The minimum Gasteiger partial charge on any atom is -0.466 e. The Bertz CT molecular complexity index is 514. The summed E-state index contributed by atoms with van der Waals surface area (Å²) in [6, 6.07) is 0. The summed E-state index contributed by atoms with van der Waals surface area (Å²) in [5, 5.41) is 0. The standard InChI is InChI=1S/C18H29F2NO6/c1-6-25-14(22)8-12-10-21(16(24)27-17(3,4)5)11-13(18(12,19)20)9-15(23)26-7-2/h12-13H,6-11H2,1-5H3/t12-,13+. The maximum atomic E-state index is 14.9. The summed E-state index contributed by atoms with van der Waals surface area (Å²) in [7, 11) is 0. The van der Waals surface area contributed by atoms with Crippen LogP contribution in [0.4, 0.5) is 13.6 Å². The lowest BCUT2D eigenvalue weighted by atomic mass is 9.81. The van der Waals surface area contributed by atoms with Gasteiger partial charge >= 0.3 is 18.0 Å². The monoisotopic (exact) mass is 393 g/mol. The third kappa shape index (κ3) is 6.95. The van der Waals surface area contributed by atoms with Crippen molar-refractivity contribution in [3.8, 4) is 0 Å². The van der Waals surface area contributed by atoms with Gasteiger partial charge in [-0.15, -0.1) is 0 Å². The molecule has 0 aromatic heterocycles. The highest BCUT2D eigenvalue weighted by Crippen LogP contribution is 2.42. The van der Waals surface area contributed by atoms with E-state index in [-0.39, 0.29) is 26.3 Å². The second-order valence-electron chi connectivity index (χ2n) is 7.47. The molecule has 7 nitrogen and oxygen atoms in total. The molecule has 1 aliphatic rings. The fourth-order valence-electron chi connectivity index (χ4n) is 2.90. The molecule has 0 aliphatic carbocycles. The number of likely N-dealkylation sites (tertiary alicyclic amines) is 1. The number of alkyl halides is 2. The average Bonchev–Trinajstić information content (AvgIpc) is 2.50. The van der Waals surface area contributed by atoms with Crippen molar-refractivity contribution in [2.45, 2.75) is 59.0 Å². The molecule has 2 atom stereocenters. The first-order chi connectivity index (χ1) is 12.4. The smallest absolute Gasteiger partial charge is 0.410 e. The van der Waals surface area contributed by atoms with Crippen LogP contribution in [-0.2, 0) is 23.8 Å². The summed E-state index contributed by atoms with van der Waals surface area (Å²) in [4.78, 5) is 37.0. The van der Waals surface area contributed by atoms with Gasteiger partial charge in [0.2, 0.25) is 0 Å². The number of carbonyl (C=O) groups is 3. The van der Waals surface area contributed by atoms with Gasteiger partial charge in [0.25, 0.3) is 5.92 Å². The quantitative estimate of drug-likeness (QED) is 0.510. The summed E-state index contributed by atoms with van der Waals surface area (Å²) in [6.45, 7) is 7.56. The SMILES string of the molecule is CCOC(=O)C[C@@H]1CN(C(=O)OC(C)(C)C)C[C@H](CC(=O)OCC)C1(F)F. The molecule has 1 fully saturated rings. The molecule has 156 valence electrons. The first-order valence-electron chi connectivity index (χ1n) is 9.07. The van der Waals surface area contributed by atoms with Crippen LogP contribution in [0.2, 0.25) is 0 Å². The van der Waals surface area contributed by atoms with Gasteiger partial charge in [0, 0.05) is 13.1 Å². The van der Waals surface area contributed by atoms with Crippen LogP contribution >= 0.6 is 0 Å². The largest absolute Gasteiger partial charge is 0.466 e. The summed E-state index contributed by atoms with van der Waals surface area (Å²) in [5.41, 5.74) is -0.801. The van der Waals surface area contributed by atoms with Crippen molar-refractivity contribution in [3.63, 3.8) is 0 Å². The number of nitrogens with zero attached hydrogens (tertiary/aromatic N) is 1. The van der Waals surface area contributed by atoms with Gasteiger partial charge in [-0.2, -0.15) is 0 Å². The number of ether oxygens (including phenoxy) is 3. The van der Waals surface area contributed by atoms with E-state index in [1.165, 1.54) is 0 Å². The van der Waals surface area contributed by atoms with Gasteiger partial charge < -0.3 is 19.1 Å². The van der Waals surface area contributed by atoms with Gasteiger partial charge in [-0.1, -0.05) is 0 Å². The zero-order chi connectivity index (χ0) is 20.8. The molecule has 0 unspecified atom stereocenters. The van der Waals surface area contributed by atoms with Crippen LogP contribution in [0.15, 0.2) is 0 Å². The van der Waals surface area contributed by atoms with Gasteiger partial charge in [0.1, 0.15) is 5.60 Å². The lowest BCUT2D eigenvalue weighted by molar-refractivity contribution is -0.175. The topological polar surface area (TPSA) is 82.1 Å². The highest BCUT2D eigenvalue weighted by Gasteiger charge is 2.54. The summed E-state index contributed by atoms with van der Waals surface area (Å²) < 4.78 is 44.6. The zero-order valence-corrected chi connectivity index (χ0v) is 16.5. The Hall–Kier alpha value is -1.93. The molecule has 27 heavy (non-hydrogen) atoms. The number of amides is 1. The second-order valence-corrected chi connectivity index (χ2v) is 7.47. The third-order valence-electron chi connectivity index (χ3n) is 4.06. The number of piperidine rings is 1. The van der Waals surface area contributed by atoms with Crippen molar-refractivity contribution in [1.29, 1.82) is 0 Å². The lowest BCUT2D eigenvalue weighted by Crippen LogP contribution is -2.56. The maximum Gasteiger partial charge on any atom is 0.410 e. The predicted molar refractivity (Wildman–Crippen MR) is 92.2 cm³/mol. The van der Waals surface area contributed by atoms with Gasteiger partial charge in [-0.05, 0) is 34.6 Å². The molecular formula is C18H29F2NO6. The van der Waals surface area contributed by atoms with E-state index < -0.39 is 54.2 Å². The molecule has 0 saturated carbocycles. The Morgan fingerprint density at radius 1 is 0.963 bits per heavy atom. The predicted octanol–water partition coefficient (Wildman–Crippen LogP) is 3.01. The first kappa shape index (κ1) is 23.1. The van der Waals surface area contributed by atoms with E-state index in [1.54, 1.807) is 34.6 Å². The van der Waals surface area contributed by atoms with E-state index >= 15 is 0 Å². The van der Waals surface area contributed by atoms with Crippen molar-refractivity contribution < 1.29 is 37.4 Å². The molecule has 1 rings (SSSR count). The van der Waals surface area contributed by atoms with E-state index in [1.807, 2.05) is 0 Å². The Balaban J connectivity index is 3.03. The first-order valence-corrected chi connectivity index (χ1v) is 9.07. The molecular weight excluding hydrogens is 364 g/mol. The molecule has 0 aromatic rings. The van der Waals surface area contributed by atoms with Crippen molar-refractivity contribution in [2.75, 3.05) is 26.3 Å². The van der Waals surface area contributed by atoms with E-state index in [2.05, 4.69) is 0 Å². The molecule has 9 heteroatoms. The Kier molecular flexibility index (Phi) is 7.98. The van der Waals surface area contributed by atoms with Crippen molar-refractivity contribution in [2.24, 2.45) is 11.8 Å². The van der Waals surface area contributed by atoms with Gasteiger partial charge in [-0.25, -0.2) is 13.6 Å². The van der Waals surface area contributed by atoms with Crippen molar-refractivity contribution in [1.82, 2.24) is 4.90 Å². The van der Waals surface area contributed by atoms with Crippen molar-refractivity contribution in [3.05, 3.63) is 0 Å². The van der Waals surface area contributed by atoms with Gasteiger partial charge in [-0.3, -0.25) is 9.59 Å². The Morgan fingerprint density at radius 3 is 1.70 bits per heavy atom. The highest BCUT2D eigenvalue weighted by molar-refractivity contribution is 5.72. The molecule has 0 bridgehead atoms. The lowest BCUT2D eigenvalue weighted by Gasteiger charge is -2.43. The second kappa shape index (κ2) is 9.32. The highest BCUT2D eigenvalue weighted by atomic mass is 19.3. The number of halogens is 2. The Labute approximate surface area is 158 Å². The average molecular weight is 393 g/mol. The third-order valence-corrected chi connectivity index (χ3v) is 4.06. The number of hydrogen-bond donors (Lipinski definition) is 0. The number of rotatable bonds is 6. The molecule has 0 N–H and O–H groups in total. The molecule has 1 amide bonds. The minimum absolute atomic E-state index is 0.0686. The van der Waals surface area contributed by atoms with Crippen LogP contribution in [0.3, 0.4) is 0 Å². The van der Waals surface area contributed by atoms with Crippen LogP contribution in [-0.4, -0.2) is 60.8 Å². The number of esters is 2. The van der Waals surface area contributed by atoms with E-state index in [9.17, 15) is 23.2 Å². The molecule has 0 spiro atoms. The van der Waals surface area contributed by atoms with Gasteiger partial charge in [0.15, 0.2) is 0 Å². The molecule has 1 aliphatic heterocycles. The number of hydrogen-bond acceptors (Lipinski definition) is 6. The normalized spacial score (nSPS) is 22.1. The van der Waals surface area contributed by atoms with Crippen molar-refractivity contribution >= 4 is 18.0 Å². The van der Waals surface area contributed by atoms with Crippen LogP contribution in [0.25, 0.3) is 0 Å². The fourth-order valence-corrected chi connectivity index (χ4v) is 2.90. The van der Waals surface area contributed by atoms with E-state index in [0.717, 1.165) is 4.90 Å². The van der Waals surface area contributed by atoms with Crippen LogP contribution in [0, 0.1) is 11.8 Å². The van der Waals surface area contributed by atoms with E-state index in [4.69, 9.17) is 14.2 Å². The summed E-state index contributed by atoms with van der Waals surface area (Å²) in [5.74, 6) is -7.83. The van der Waals surface area contributed by atoms with Crippen LogP contribution in [0.5, 0.6) is 0 Å². The van der Waals surface area contributed by atoms with Crippen LogP contribution in [0.1, 0.15) is 47.5 Å². The van der Waals surface area contributed by atoms with Gasteiger partial charge in [0.05, 0.1) is 37.9 Å². The zero-order valence-electron chi connectivity index (χ0n) is 16.5. The number of carbonyl (C=O) groups excluding carboxylic acids is 3. The maximum absolute atomic E-state index is 14.9. The minimum atomic E-state index is -3.34.